The van der Waals surface area contributed by atoms with Crippen LogP contribution in [0.3, 0.4) is 0 Å². The third-order valence-corrected chi connectivity index (χ3v) is 9.10. The number of β-lactam (4-membered cyclic amide) rings is 1. The number of thioether (sulfide) groups is 1. The molecule has 5 rings (SSSR count). The van der Waals surface area contributed by atoms with Crippen molar-refractivity contribution in [3.8, 4) is 0 Å². The van der Waals surface area contributed by atoms with Crippen molar-refractivity contribution in [1.82, 2.24) is 14.9 Å². The minimum absolute atomic E-state index is 0.0832. The number of ether oxygens (including phenoxy) is 3. The fourth-order valence-corrected chi connectivity index (χ4v) is 6.81. The monoisotopic (exact) mass is 676 g/mol. The summed E-state index contributed by atoms with van der Waals surface area (Å²) in [6.07, 6.45) is 0.746. The van der Waals surface area contributed by atoms with Gasteiger partial charge in [-0.3, -0.25) is 24.2 Å². The lowest BCUT2D eigenvalue weighted by molar-refractivity contribution is -0.765. The molecule has 1 fully saturated rings. The van der Waals surface area contributed by atoms with Gasteiger partial charge in [0.15, 0.2) is 24.7 Å². The van der Waals surface area contributed by atoms with E-state index in [4.69, 9.17) is 14.2 Å². The van der Waals surface area contributed by atoms with E-state index < -0.39 is 47.1 Å². The summed E-state index contributed by atoms with van der Waals surface area (Å²) in [4.78, 5) is 66.8. The van der Waals surface area contributed by atoms with Crippen LogP contribution in [0.4, 0.5) is 10.6 Å². The van der Waals surface area contributed by atoms with E-state index in [9.17, 15) is 24.0 Å². The van der Waals surface area contributed by atoms with Crippen LogP contribution < -0.4 is 14.9 Å². The Morgan fingerprint density at radius 1 is 1.06 bits per heavy atom. The van der Waals surface area contributed by atoms with E-state index in [-0.39, 0.29) is 18.8 Å². The van der Waals surface area contributed by atoms with Gasteiger partial charge in [-0.15, -0.1) is 21.1 Å². The van der Waals surface area contributed by atoms with Gasteiger partial charge in [0.1, 0.15) is 29.3 Å². The van der Waals surface area contributed by atoms with Gasteiger partial charge in [-0.05, 0) is 31.9 Å². The zero-order valence-electron chi connectivity index (χ0n) is 27.3. The van der Waals surface area contributed by atoms with Crippen molar-refractivity contribution >= 4 is 47.9 Å². The number of carbonyl (C=O) groups excluding carboxylic acids is 5. The highest BCUT2D eigenvalue weighted by atomic mass is 32.2. The van der Waals surface area contributed by atoms with E-state index in [2.05, 4.69) is 5.32 Å². The minimum Gasteiger partial charge on any atom is -0.468 e. The Bertz CT molecular complexity index is 1680. The summed E-state index contributed by atoms with van der Waals surface area (Å²) in [6, 6.07) is 19.4. The van der Waals surface area contributed by atoms with Crippen LogP contribution in [-0.2, 0) is 47.0 Å². The molecule has 13 nitrogen and oxygen atoms in total. The second kappa shape index (κ2) is 14.3. The average Bonchev–Trinajstić information content (AvgIpc) is 3.43. The summed E-state index contributed by atoms with van der Waals surface area (Å²) in [5, 5.41) is 2.09. The maximum Gasteiger partial charge on any atom is 0.408 e. The number of aromatic nitrogens is 2. The largest absolute Gasteiger partial charge is 0.468 e. The van der Waals surface area contributed by atoms with Crippen LogP contribution in [0.25, 0.3) is 0 Å². The number of amides is 3. The molecule has 0 spiro atoms. The summed E-state index contributed by atoms with van der Waals surface area (Å²) >= 11 is 1.40. The molecule has 2 aliphatic rings. The Morgan fingerprint density at radius 3 is 2.25 bits per heavy atom. The van der Waals surface area contributed by atoms with Gasteiger partial charge >= 0.3 is 18.0 Å². The number of esters is 2. The molecule has 0 radical (unpaired) electrons. The molecular formula is C34H38N5O8S+. The van der Waals surface area contributed by atoms with Gasteiger partial charge in [-0.25, -0.2) is 9.59 Å². The van der Waals surface area contributed by atoms with Crippen LogP contribution in [0.1, 0.15) is 38.0 Å². The Balaban J connectivity index is 1.49. The average molecular weight is 677 g/mol. The van der Waals surface area contributed by atoms with E-state index in [1.54, 1.807) is 49.4 Å². The summed E-state index contributed by atoms with van der Waals surface area (Å²) in [7, 11) is 2.94. The Hall–Kier alpha value is -5.11. The molecule has 252 valence electrons. The first kappa shape index (κ1) is 34.2. The molecule has 3 heterocycles. The van der Waals surface area contributed by atoms with Crippen molar-refractivity contribution < 1.29 is 42.9 Å². The summed E-state index contributed by atoms with van der Waals surface area (Å²) in [5.74, 6) is -1.01. The lowest BCUT2D eigenvalue weighted by atomic mass is 10.0. The van der Waals surface area contributed by atoms with Gasteiger partial charge in [0.25, 0.3) is 5.91 Å². The first-order chi connectivity index (χ1) is 22.9. The quantitative estimate of drug-likeness (QED) is 0.107. The molecule has 1 saturated heterocycles. The first-order valence-corrected chi connectivity index (χ1v) is 16.3. The Labute approximate surface area is 282 Å². The molecule has 3 aromatic rings. The SMILES string of the molecule is COC(=O)CN(C=O)c1cc[n+](CC2=C(C(=O)OC(c3ccccc3)c3ccccc3)N3C(=O)C(NC(=O)OC(C)(C)C)[C@H]3SC2)n1C. The number of rotatable bonds is 11. The van der Waals surface area contributed by atoms with Crippen molar-refractivity contribution in [2.75, 3.05) is 24.3 Å². The number of alkyl carbamates (subject to hydrolysis) is 1. The summed E-state index contributed by atoms with van der Waals surface area (Å²) in [5.41, 5.74) is 1.42. The molecule has 3 amide bonds. The molecule has 2 aromatic carbocycles. The molecule has 1 unspecified atom stereocenters. The second-order valence-electron chi connectivity index (χ2n) is 12.2. The van der Waals surface area contributed by atoms with E-state index >= 15 is 0 Å². The third-order valence-electron chi connectivity index (χ3n) is 7.76. The standard InChI is InChI=1S/C34H37N5O8S/c1-34(2,3)47-33(44)35-27-30(42)39-28(32(43)46-29(22-12-8-6-9-13-22)23-14-10-7-11-15-23)24(20-48-31(27)39)18-38-17-16-25(36(38)4)37(21-40)19-26(41)45-5/h6-17,21,27,29,31H,18-20H2,1-5H3/p+1/t27?,31-/m1/s1. The van der Waals surface area contributed by atoms with Gasteiger partial charge in [0, 0.05) is 11.3 Å². The predicted molar refractivity (Wildman–Crippen MR) is 175 cm³/mol. The van der Waals surface area contributed by atoms with Crippen LogP contribution in [0.2, 0.25) is 0 Å². The molecule has 1 aromatic heterocycles. The van der Waals surface area contributed by atoms with Crippen molar-refractivity contribution in [3.05, 3.63) is 95.3 Å². The number of hydrogen-bond donors (Lipinski definition) is 1. The van der Waals surface area contributed by atoms with Crippen LogP contribution in [0, 0.1) is 0 Å². The minimum atomic E-state index is -0.901. The smallest absolute Gasteiger partial charge is 0.408 e. The second-order valence-corrected chi connectivity index (χ2v) is 13.3. The van der Waals surface area contributed by atoms with Gasteiger partial charge in [-0.2, -0.15) is 0 Å². The fourth-order valence-electron chi connectivity index (χ4n) is 5.48. The highest BCUT2D eigenvalue weighted by molar-refractivity contribution is 8.00. The van der Waals surface area contributed by atoms with E-state index in [1.807, 2.05) is 60.7 Å². The zero-order valence-corrected chi connectivity index (χ0v) is 28.1. The molecule has 2 atom stereocenters. The highest BCUT2D eigenvalue weighted by Crippen LogP contribution is 2.42. The topological polar surface area (TPSA) is 140 Å². The van der Waals surface area contributed by atoms with Crippen LogP contribution in [0.5, 0.6) is 0 Å². The highest BCUT2D eigenvalue weighted by Gasteiger charge is 2.55. The number of fused-ring (bicyclic) bond motifs is 1. The molecule has 0 saturated carbocycles. The maximum atomic E-state index is 14.3. The number of nitrogens with zero attached hydrogens (tertiary/aromatic N) is 4. The lowest BCUT2D eigenvalue weighted by Gasteiger charge is -2.49. The van der Waals surface area contributed by atoms with E-state index in [0.717, 1.165) is 11.1 Å². The first-order valence-electron chi connectivity index (χ1n) is 15.2. The molecule has 0 aliphatic carbocycles. The van der Waals surface area contributed by atoms with Gasteiger partial charge in [0.2, 0.25) is 6.41 Å². The molecular weight excluding hydrogens is 638 g/mol. The predicted octanol–water partition coefficient (Wildman–Crippen LogP) is 2.84. The van der Waals surface area contributed by atoms with Gasteiger partial charge in [0.05, 0.1) is 20.2 Å². The van der Waals surface area contributed by atoms with Crippen LogP contribution in [0.15, 0.2) is 84.2 Å². The van der Waals surface area contributed by atoms with Crippen molar-refractivity contribution in [2.45, 2.75) is 50.4 Å². The number of nitrogens with one attached hydrogen (secondary N) is 1. The number of anilines is 1. The Kier molecular flexibility index (Phi) is 10.2. The molecule has 2 aliphatic heterocycles. The number of benzene rings is 2. The maximum absolute atomic E-state index is 14.3. The third kappa shape index (κ3) is 7.38. The summed E-state index contributed by atoms with van der Waals surface area (Å²) in [6.45, 7) is 5.05. The molecule has 14 heteroatoms. The zero-order chi connectivity index (χ0) is 34.6. The van der Waals surface area contributed by atoms with E-state index in [0.29, 0.717) is 23.6 Å². The van der Waals surface area contributed by atoms with Gasteiger partial charge < -0.3 is 19.5 Å². The number of hydrogen-bond acceptors (Lipinski definition) is 9. The summed E-state index contributed by atoms with van der Waals surface area (Å²) < 4.78 is 19.7. The van der Waals surface area contributed by atoms with Gasteiger partial charge in [-0.1, -0.05) is 60.7 Å². The van der Waals surface area contributed by atoms with Crippen molar-refractivity contribution in [2.24, 2.45) is 7.05 Å². The number of carbonyl (C=O) groups is 5. The van der Waals surface area contributed by atoms with Crippen LogP contribution in [-0.4, -0.2) is 76.4 Å². The van der Waals surface area contributed by atoms with E-state index in [1.165, 1.54) is 28.7 Å². The fraction of sp³-hybridized carbons (Fsp3) is 0.353. The molecule has 1 N–H and O–H groups in total. The molecule has 48 heavy (non-hydrogen) atoms. The normalized spacial score (nSPS) is 17.3. The number of methoxy groups -OCH3 is 1. The van der Waals surface area contributed by atoms with Crippen LogP contribution >= 0.6 is 11.8 Å². The molecule has 0 bridgehead atoms. The Morgan fingerprint density at radius 2 is 1.69 bits per heavy atom. The lowest BCUT2D eigenvalue weighted by Crippen LogP contribution is -2.71. The van der Waals surface area contributed by atoms with Crippen molar-refractivity contribution in [1.29, 1.82) is 0 Å². The van der Waals surface area contributed by atoms with Crippen molar-refractivity contribution in [3.63, 3.8) is 0 Å².